The Morgan fingerprint density at radius 3 is 3.00 bits per heavy atom. The first-order chi connectivity index (χ1) is 7.68. The number of fused-ring (bicyclic) bond motifs is 1. The summed E-state index contributed by atoms with van der Waals surface area (Å²) in [5, 5.41) is 8.57. The van der Waals surface area contributed by atoms with Gasteiger partial charge in [-0.05, 0) is 37.0 Å². The van der Waals surface area contributed by atoms with Gasteiger partial charge in [-0.15, -0.1) is 0 Å². The number of rotatable bonds is 4. The van der Waals surface area contributed by atoms with Gasteiger partial charge in [-0.2, -0.15) is 0 Å². The summed E-state index contributed by atoms with van der Waals surface area (Å²) in [6, 6.07) is 3.86. The molecule has 1 aliphatic heterocycles. The molecule has 4 heteroatoms. The van der Waals surface area contributed by atoms with Gasteiger partial charge in [-0.3, -0.25) is 4.79 Å². The molecule has 0 bridgehead atoms. The minimum atomic E-state index is -0.751. The summed E-state index contributed by atoms with van der Waals surface area (Å²) in [5.41, 5.74) is 2.19. The van der Waals surface area contributed by atoms with E-state index in [1.54, 1.807) is 0 Å². The minimum absolute atomic E-state index is 0.202. The molecule has 86 valence electrons. The maximum absolute atomic E-state index is 10.4. The van der Waals surface area contributed by atoms with Crippen molar-refractivity contribution in [2.24, 2.45) is 0 Å². The smallest absolute Gasteiger partial charge is 0.303 e. The van der Waals surface area contributed by atoms with Crippen LogP contribution >= 0.6 is 0 Å². The van der Waals surface area contributed by atoms with E-state index >= 15 is 0 Å². The van der Waals surface area contributed by atoms with Crippen molar-refractivity contribution >= 4 is 5.97 Å². The molecule has 4 nitrogen and oxygen atoms in total. The Labute approximate surface area is 93.8 Å². The predicted molar refractivity (Wildman–Crippen MR) is 57.9 cm³/mol. The zero-order valence-electron chi connectivity index (χ0n) is 9.16. The van der Waals surface area contributed by atoms with Gasteiger partial charge in [0.05, 0.1) is 0 Å². The first-order valence-corrected chi connectivity index (χ1v) is 5.28. The van der Waals surface area contributed by atoms with Crippen LogP contribution in [0.1, 0.15) is 24.0 Å². The number of ether oxygens (including phenoxy) is 2. The maximum atomic E-state index is 10.4. The molecule has 1 aliphatic rings. The summed E-state index contributed by atoms with van der Waals surface area (Å²) in [4.78, 5) is 10.4. The van der Waals surface area contributed by atoms with E-state index in [4.69, 9.17) is 14.6 Å². The fourth-order valence-corrected chi connectivity index (χ4v) is 1.85. The average molecular weight is 222 g/mol. The summed E-state index contributed by atoms with van der Waals surface area (Å²) < 4.78 is 10.6. The molecule has 0 amide bonds. The van der Waals surface area contributed by atoms with Crippen LogP contribution in [0, 0.1) is 6.92 Å². The molecule has 0 saturated carbocycles. The average Bonchev–Trinajstić information content (AvgIpc) is 2.69. The molecule has 0 aromatic heterocycles. The van der Waals surface area contributed by atoms with Crippen LogP contribution in [0.3, 0.4) is 0 Å². The molecule has 0 fully saturated rings. The van der Waals surface area contributed by atoms with Gasteiger partial charge in [0.1, 0.15) is 0 Å². The number of carbonyl (C=O) groups is 1. The van der Waals surface area contributed by atoms with Crippen LogP contribution in [0.5, 0.6) is 11.5 Å². The Kier molecular flexibility index (Phi) is 2.99. The number of aryl methyl sites for hydroxylation is 1. The number of carboxylic acid groups (broad SMARTS) is 1. The third-order valence-corrected chi connectivity index (χ3v) is 2.74. The molecule has 2 rings (SSSR count). The SMILES string of the molecule is Cc1c(CCCC(=O)O)ccc2c1OCO2. The molecule has 16 heavy (non-hydrogen) atoms. The summed E-state index contributed by atoms with van der Waals surface area (Å²) in [5.74, 6) is 0.825. The quantitative estimate of drug-likeness (QED) is 0.847. The van der Waals surface area contributed by atoms with Gasteiger partial charge >= 0.3 is 5.97 Å². The molecule has 0 aliphatic carbocycles. The van der Waals surface area contributed by atoms with E-state index in [0.717, 1.165) is 29.0 Å². The van der Waals surface area contributed by atoms with Crippen molar-refractivity contribution in [1.82, 2.24) is 0 Å². The monoisotopic (exact) mass is 222 g/mol. The number of aliphatic carboxylic acids is 1. The molecular formula is C12H14O4. The zero-order valence-corrected chi connectivity index (χ0v) is 9.16. The van der Waals surface area contributed by atoms with E-state index in [-0.39, 0.29) is 13.2 Å². The third-order valence-electron chi connectivity index (χ3n) is 2.74. The molecule has 0 spiro atoms. The fourth-order valence-electron chi connectivity index (χ4n) is 1.85. The Morgan fingerprint density at radius 1 is 1.44 bits per heavy atom. The van der Waals surface area contributed by atoms with Gasteiger partial charge in [0.2, 0.25) is 6.79 Å². The van der Waals surface area contributed by atoms with Gasteiger partial charge in [-0.1, -0.05) is 6.07 Å². The van der Waals surface area contributed by atoms with Crippen molar-refractivity contribution in [3.05, 3.63) is 23.3 Å². The molecule has 0 saturated heterocycles. The highest BCUT2D eigenvalue weighted by atomic mass is 16.7. The van der Waals surface area contributed by atoms with Crippen molar-refractivity contribution in [3.8, 4) is 11.5 Å². The number of benzene rings is 1. The topological polar surface area (TPSA) is 55.8 Å². The normalized spacial score (nSPS) is 12.8. The third kappa shape index (κ3) is 2.10. The highest BCUT2D eigenvalue weighted by Gasteiger charge is 2.17. The Balaban J connectivity index is 2.08. The van der Waals surface area contributed by atoms with E-state index in [1.807, 2.05) is 19.1 Å². The maximum Gasteiger partial charge on any atom is 0.303 e. The van der Waals surface area contributed by atoms with Crippen molar-refractivity contribution < 1.29 is 19.4 Å². The molecule has 0 radical (unpaired) electrons. The highest BCUT2D eigenvalue weighted by molar-refractivity contribution is 5.66. The summed E-state index contributed by atoms with van der Waals surface area (Å²) in [6.45, 7) is 2.25. The van der Waals surface area contributed by atoms with Gasteiger partial charge in [0.15, 0.2) is 11.5 Å². The first kappa shape index (κ1) is 10.8. The Morgan fingerprint density at radius 2 is 2.25 bits per heavy atom. The fraction of sp³-hybridized carbons (Fsp3) is 0.417. The van der Waals surface area contributed by atoms with Crippen molar-refractivity contribution in [1.29, 1.82) is 0 Å². The standard InChI is InChI=1S/C12H14O4/c1-8-9(3-2-4-11(13)14)5-6-10-12(8)16-7-15-10/h5-6H,2-4,7H2,1H3,(H,13,14). The van der Waals surface area contributed by atoms with E-state index in [9.17, 15) is 4.79 Å². The van der Waals surface area contributed by atoms with Gasteiger partial charge in [0, 0.05) is 6.42 Å². The van der Waals surface area contributed by atoms with Gasteiger partial charge in [-0.25, -0.2) is 0 Å². The molecular weight excluding hydrogens is 208 g/mol. The largest absolute Gasteiger partial charge is 0.481 e. The van der Waals surface area contributed by atoms with Crippen LogP contribution in [0.2, 0.25) is 0 Å². The Hall–Kier alpha value is -1.71. The number of hydrogen-bond acceptors (Lipinski definition) is 3. The molecule has 0 unspecified atom stereocenters. The van der Waals surface area contributed by atoms with Crippen LogP contribution in [-0.2, 0) is 11.2 Å². The lowest BCUT2D eigenvalue weighted by Crippen LogP contribution is -1.98. The number of hydrogen-bond donors (Lipinski definition) is 1. The van der Waals surface area contributed by atoms with Crippen molar-refractivity contribution in [2.45, 2.75) is 26.2 Å². The summed E-state index contributed by atoms with van der Waals surface area (Å²) >= 11 is 0. The van der Waals surface area contributed by atoms with Crippen LogP contribution in [0.4, 0.5) is 0 Å². The van der Waals surface area contributed by atoms with Crippen LogP contribution in [0.15, 0.2) is 12.1 Å². The van der Waals surface area contributed by atoms with E-state index in [0.29, 0.717) is 6.42 Å². The van der Waals surface area contributed by atoms with Crippen LogP contribution < -0.4 is 9.47 Å². The predicted octanol–water partition coefficient (Wildman–Crippen LogP) is 2.13. The molecule has 0 atom stereocenters. The Bertz CT molecular complexity index is 412. The van der Waals surface area contributed by atoms with E-state index in [2.05, 4.69) is 0 Å². The lowest BCUT2D eigenvalue weighted by Gasteiger charge is -2.07. The second kappa shape index (κ2) is 4.43. The second-order valence-corrected chi connectivity index (χ2v) is 3.83. The first-order valence-electron chi connectivity index (χ1n) is 5.28. The lowest BCUT2D eigenvalue weighted by atomic mass is 10.0. The molecule has 1 aromatic carbocycles. The minimum Gasteiger partial charge on any atom is -0.481 e. The van der Waals surface area contributed by atoms with Gasteiger partial charge in [0.25, 0.3) is 0 Å². The molecule has 1 aromatic rings. The molecule has 1 N–H and O–H groups in total. The van der Waals surface area contributed by atoms with Crippen molar-refractivity contribution in [2.75, 3.05) is 6.79 Å². The van der Waals surface area contributed by atoms with E-state index < -0.39 is 5.97 Å². The molecule has 1 heterocycles. The zero-order chi connectivity index (χ0) is 11.5. The number of carboxylic acids is 1. The summed E-state index contributed by atoms with van der Waals surface area (Å²) in [6.07, 6.45) is 1.61. The van der Waals surface area contributed by atoms with Crippen LogP contribution in [-0.4, -0.2) is 17.9 Å². The van der Waals surface area contributed by atoms with Gasteiger partial charge < -0.3 is 14.6 Å². The van der Waals surface area contributed by atoms with E-state index in [1.165, 1.54) is 0 Å². The second-order valence-electron chi connectivity index (χ2n) is 3.83. The lowest BCUT2D eigenvalue weighted by molar-refractivity contribution is -0.137. The summed E-state index contributed by atoms with van der Waals surface area (Å²) in [7, 11) is 0. The highest BCUT2D eigenvalue weighted by Crippen LogP contribution is 2.37. The van der Waals surface area contributed by atoms with Crippen molar-refractivity contribution in [3.63, 3.8) is 0 Å². The van der Waals surface area contributed by atoms with Crippen LogP contribution in [0.25, 0.3) is 0 Å².